The van der Waals surface area contributed by atoms with Gasteiger partial charge < -0.3 is 68.5 Å². The van der Waals surface area contributed by atoms with Gasteiger partial charge in [-0.05, 0) is 64.2 Å². The Bertz CT molecular complexity index is 2160. The molecule has 6 atom stereocenters. The van der Waals surface area contributed by atoms with Crippen molar-refractivity contribution >= 4 is 56.8 Å². The summed E-state index contributed by atoms with van der Waals surface area (Å²) in [5.41, 5.74) is 0. The molecule has 0 aliphatic heterocycles. The van der Waals surface area contributed by atoms with Crippen LogP contribution in [0.1, 0.15) is 324 Å². The third-order valence-corrected chi connectivity index (χ3v) is 18.6. The molecule has 0 bridgehead atoms. The number of carbonyl (C=O) groups is 7. The fraction of sp³-hybridized carbons (Fsp3) is 0.877. The van der Waals surface area contributed by atoms with Crippen LogP contribution in [0.4, 0.5) is 0 Å². The van der Waals surface area contributed by atoms with E-state index in [0.717, 1.165) is 128 Å². The number of hydrogen-bond donors (Lipinski definition) is 5. The number of unbranched alkanes of at least 4 members (excludes halogenated alkanes) is 29. The van der Waals surface area contributed by atoms with E-state index >= 15 is 0 Å². The van der Waals surface area contributed by atoms with Crippen molar-refractivity contribution in [2.24, 2.45) is 0 Å². The van der Waals surface area contributed by atoms with E-state index in [1.807, 2.05) is 0 Å². The first-order valence-electron chi connectivity index (χ1n) is 38.3. The van der Waals surface area contributed by atoms with Crippen LogP contribution in [-0.2, 0) is 75.0 Å². The maximum atomic E-state index is 13.2. The number of rotatable bonds is 74. The Labute approximate surface area is 648 Å². The van der Waals surface area contributed by atoms with Crippen molar-refractivity contribution in [2.75, 3.05) is 65.9 Å². The van der Waals surface area contributed by atoms with Crippen LogP contribution in [0.15, 0.2) is 12.2 Å². The first kappa shape index (κ1) is 103. The summed E-state index contributed by atoms with van der Waals surface area (Å²) in [4.78, 5) is 115. The molecular formula is C73H136N4Na2O19P2. The number of hydrogen-bond acceptors (Lipinski definition) is 19. The Hall–Kier alpha value is -1.47. The molecule has 574 valence electrons. The molecule has 0 heterocycles. The molecule has 0 aromatic rings. The van der Waals surface area contributed by atoms with Crippen LogP contribution in [0.2, 0.25) is 0 Å². The minimum absolute atomic E-state index is 0. The van der Waals surface area contributed by atoms with Crippen molar-refractivity contribution in [2.45, 2.75) is 348 Å². The monoisotopic (exact) mass is 1480 g/mol. The molecule has 0 aliphatic rings. The van der Waals surface area contributed by atoms with Gasteiger partial charge >= 0.3 is 65.1 Å². The summed E-state index contributed by atoms with van der Waals surface area (Å²) < 4.78 is 63.4. The normalized spacial score (nSPS) is 13.8. The Kier molecular flexibility index (Phi) is 75.0. The van der Waals surface area contributed by atoms with E-state index in [1.165, 1.54) is 77.0 Å². The molecule has 0 aromatic heterocycles. The van der Waals surface area contributed by atoms with E-state index in [9.17, 15) is 57.6 Å². The van der Waals surface area contributed by atoms with E-state index in [2.05, 4.69) is 68.0 Å². The average Bonchev–Trinajstić information content (AvgIpc) is 0.958. The standard InChI is InChI=1S/C73H138N4O19P2.2Na/c1-6-11-16-21-24-27-30-35-39-44-66(79)56-71(83)76-63(59-90-52-48-65(78)43-38-33-19-14-9-4)61-94-97(86,87)92-54-50-74-69(81)58-70(82)75-51-55-93-98(88,89)95-62-64(77-72(84)57-67(80)45-40-36-31-28-25-22-17-12-7-2)60-91-53-49-68(46-41-34-20-15-10-5)96-73(85)47-42-37-32-29-26-23-18-13-8-3;;/h29,32,63-65,68,78H,6-28,30-31,33-62H2,1-5H3,(H,74,81)(H,75,82)(H,76,83)(H,77,84)(H,86,87)(H,88,89);;/q;2*+1/p-2/b32-29-;;/t63?,64?,65-,68-;;/m1../s1. The molecule has 5 N–H and O–H groups in total. The summed E-state index contributed by atoms with van der Waals surface area (Å²) in [6.07, 6.45) is 41.5. The fourth-order valence-electron chi connectivity index (χ4n) is 10.8. The van der Waals surface area contributed by atoms with Crippen LogP contribution < -0.4 is 90.2 Å². The molecule has 4 amide bonds. The first-order valence-corrected chi connectivity index (χ1v) is 41.2. The molecule has 100 heavy (non-hydrogen) atoms. The molecule has 0 aromatic carbocycles. The number of esters is 1. The smallest absolute Gasteiger partial charge is 0.756 e. The van der Waals surface area contributed by atoms with Crippen molar-refractivity contribution in [3.63, 3.8) is 0 Å². The number of allylic oxidation sites excluding steroid dienone is 2. The maximum Gasteiger partial charge on any atom is 1.00 e. The number of Topliss-reactive ketones (excluding diaryl/α,β-unsaturated/α-hetero) is 2. The minimum atomic E-state index is -5.07. The SMILES string of the molecule is CCCCCC/C=C\CCCC(=O)O[C@H](CCCCCCC)CCOCC(COP(=O)([O-])OCCNC(=O)CC(=O)NCCOP(=O)([O-])OCC(COCC[C@H](O)CCCCCCC)NC(=O)CC(=O)CCCCCCCCCCC)NC(=O)CC(=O)CCCCCCCCCCC.[Na+].[Na+]. The van der Waals surface area contributed by atoms with Crippen LogP contribution in [0, 0.1) is 0 Å². The van der Waals surface area contributed by atoms with E-state index in [4.69, 9.17) is 32.3 Å². The number of amides is 4. The summed E-state index contributed by atoms with van der Waals surface area (Å²) in [5.74, 6) is -3.66. The molecular weight excluding hydrogens is 1340 g/mol. The summed E-state index contributed by atoms with van der Waals surface area (Å²) in [5, 5.41) is 20.4. The van der Waals surface area contributed by atoms with Gasteiger partial charge in [-0.3, -0.25) is 42.7 Å². The van der Waals surface area contributed by atoms with E-state index in [0.29, 0.717) is 44.9 Å². The molecule has 0 rings (SSSR count). The van der Waals surface area contributed by atoms with Gasteiger partial charge in [0.25, 0.3) is 15.6 Å². The second kappa shape index (κ2) is 73.1. The zero-order chi connectivity index (χ0) is 72.4. The number of phosphoric acid groups is 2. The Morgan fingerprint density at radius 1 is 0.390 bits per heavy atom. The zero-order valence-corrected chi connectivity index (χ0v) is 69.3. The molecule has 0 saturated carbocycles. The van der Waals surface area contributed by atoms with Crippen molar-refractivity contribution < 1.29 is 149 Å². The van der Waals surface area contributed by atoms with Crippen LogP contribution >= 0.6 is 15.6 Å². The number of nitrogens with one attached hydrogen (secondary N) is 4. The molecule has 0 fully saturated rings. The first-order chi connectivity index (χ1) is 47.3. The third kappa shape index (κ3) is 70.8. The van der Waals surface area contributed by atoms with Gasteiger partial charge in [0, 0.05) is 45.4 Å². The Balaban J connectivity index is -0.0000470. The third-order valence-electron chi connectivity index (χ3n) is 16.6. The molecule has 4 unspecified atom stereocenters. The maximum absolute atomic E-state index is 13.2. The molecule has 23 nitrogen and oxygen atoms in total. The van der Waals surface area contributed by atoms with Gasteiger partial charge in [0.05, 0.1) is 77.3 Å². The second-order valence-electron chi connectivity index (χ2n) is 26.3. The Morgan fingerprint density at radius 2 is 0.750 bits per heavy atom. The van der Waals surface area contributed by atoms with Crippen LogP contribution in [0.3, 0.4) is 0 Å². The van der Waals surface area contributed by atoms with Crippen molar-refractivity contribution in [3.8, 4) is 0 Å². The zero-order valence-electron chi connectivity index (χ0n) is 63.5. The number of aliphatic hydroxyl groups is 1. The van der Waals surface area contributed by atoms with E-state index in [1.54, 1.807) is 0 Å². The predicted molar refractivity (Wildman–Crippen MR) is 382 cm³/mol. The topological polar surface area (TPSA) is 333 Å². The van der Waals surface area contributed by atoms with Gasteiger partial charge in [-0.2, -0.15) is 0 Å². The predicted octanol–water partition coefficient (Wildman–Crippen LogP) is 7.85. The van der Waals surface area contributed by atoms with Crippen molar-refractivity contribution in [1.82, 2.24) is 21.3 Å². The minimum Gasteiger partial charge on any atom is -0.756 e. The molecule has 0 aliphatic carbocycles. The van der Waals surface area contributed by atoms with Gasteiger partial charge in [0.1, 0.15) is 24.1 Å². The summed E-state index contributed by atoms with van der Waals surface area (Å²) in [7, 11) is -10.1. The van der Waals surface area contributed by atoms with Crippen molar-refractivity contribution in [3.05, 3.63) is 12.2 Å². The van der Waals surface area contributed by atoms with E-state index < -0.39 is 109 Å². The number of phosphoric ester groups is 2. The summed E-state index contributed by atoms with van der Waals surface area (Å²) >= 11 is 0. The number of carbonyl (C=O) groups excluding carboxylic acids is 7. The number of ketones is 2. The van der Waals surface area contributed by atoms with Gasteiger partial charge in [-0.1, -0.05) is 227 Å². The number of ether oxygens (including phenoxy) is 3. The van der Waals surface area contributed by atoms with Crippen LogP contribution in [0.25, 0.3) is 0 Å². The molecule has 0 saturated heterocycles. The number of aliphatic hydroxyl groups excluding tert-OH is 1. The fourth-order valence-corrected chi connectivity index (χ4v) is 12.3. The Morgan fingerprint density at radius 3 is 1.17 bits per heavy atom. The largest absolute Gasteiger partial charge is 1.00 e. The summed E-state index contributed by atoms with van der Waals surface area (Å²) in [6, 6.07) is -2.04. The quantitative estimate of drug-likeness (QED) is 0.00966. The molecule has 0 radical (unpaired) electrons. The van der Waals surface area contributed by atoms with Crippen LogP contribution in [-0.4, -0.2) is 137 Å². The van der Waals surface area contributed by atoms with Gasteiger partial charge in [-0.25, -0.2) is 0 Å². The molecule has 27 heteroatoms. The van der Waals surface area contributed by atoms with Gasteiger partial charge in [-0.15, -0.1) is 0 Å². The van der Waals surface area contributed by atoms with Crippen molar-refractivity contribution in [1.29, 1.82) is 0 Å². The van der Waals surface area contributed by atoms with Gasteiger partial charge in [0.15, 0.2) is 0 Å². The van der Waals surface area contributed by atoms with Crippen LogP contribution in [0.5, 0.6) is 0 Å². The average molecular weight is 1480 g/mol. The van der Waals surface area contributed by atoms with E-state index in [-0.39, 0.29) is 135 Å². The van der Waals surface area contributed by atoms with Gasteiger partial charge in [0.2, 0.25) is 23.6 Å². The second-order valence-corrected chi connectivity index (χ2v) is 29.1. The molecule has 0 spiro atoms. The summed E-state index contributed by atoms with van der Waals surface area (Å²) in [6.45, 7) is 7.56.